The van der Waals surface area contributed by atoms with Crippen molar-refractivity contribution in [1.82, 2.24) is 0 Å². The number of benzene rings is 2. The molecule has 5 heteroatoms. The monoisotopic (exact) mass is 360 g/mol. The highest BCUT2D eigenvalue weighted by Crippen LogP contribution is 2.24. The summed E-state index contributed by atoms with van der Waals surface area (Å²) in [6.07, 6.45) is 0. The summed E-state index contributed by atoms with van der Waals surface area (Å²) in [6, 6.07) is 11.7. The Morgan fingerprint density at radius 2 is 1.71 bits per heavy atom. The minimum atomic E-state index is -0.480. The predicted octanol–water partition coefficient (Wildman–Crippen LogP) is 5.50. The van der Waals surface area contributed by atoms with Crippen molar-refractivity contribution in [2.45, 2.75) is 0 Å². The molecule has 0 unspecified atom stereocenters. The van der Waals surface area contributed by atoms with Gasteiger partial charge in [0, 0.05) is 8.59 Å². The second-order valence-electron chi connectivity index (χ2n) is 3.27. The smallest absolute Gasteiger partial charge is 0.152 e. The zero-order chi connectivity index (χ0) is 12.3. The molecule has 86 valence electrons. The van der Waals surface area contributed by atoms with Gasteiger partial charge in [-0.05, 0) is 65.1 Å². The van der Waals surface area contributed by atoms with Crippen molar-refractivity contribution in [3.63, 3.8) is 0 Å². The molecule has 0 radical (unpaired) electrons. The molecule has 0 amide bonds. The van der Waals surface area contributed by atoms with Crippen LogP contribution in [0.15, 0.2) is 52.7 Å². The molecule has 0 aliphatic carbocycles. The van der Waals surface area contributed by atoms with E-state index in [0.29, 0.717) is 10.7 Å². The van der Waals surface area contributed by atoms with Gasteiger partial charge in [0.2, 0.25) is 0 Å². The summed E-state index contributed by atoms with van der Waals surface area (Å²) in [5, 5.41) is 8.13. The molecule has 2 nitrogen and oxygen atoms in total. The summed E-state index contributed by atoms with van der Waals surface area (Å²) in [6.45, 7) is 0. The molecular formula is C12H7ClFIN2. The average molecular weight is 361 g/mol. The van der Waals surface area contributed by atoms with Crippen LogP contribution in [0.5, 0.6) is 0 Å². The Hall–Kier alpha value is -1.01. The zero-order valence-electron chi connectivity index (χ0n) is 8.57. The summed E-state index contributed by atoms with van der Waals surface area (Å²) in [5.74, 6) is -0.480. The van der Waals surface area contributed by atoms with E-state index in [0.717, 1.165) is 3.57 Å². The molecule has 2 aromatic rings. The van der Waals surface area contributed by atoms with Gasteiger partial charge in [0.25, 0.3) is 0 Å². The van der Waals surface area contributed by atoms with Crippen LogP contribution in [-0.4, -0.2) is 0 Å². The molecule has 0 saturated heterocycles. The molecule has 17 heavy (non-hydrogen) atoms. The van der Waals surface area contributed by atoms with E-state index in [-0.39, 0.29) is 5.69 Å². The maximum absolute atomic E-state index is 13.4. The third-order valence-corrected chi connectivity index (χ3v) is 2.96. The van der Waals surface area contributed by atoms with Gasteiger partial charge in [-0.15, -0.1) is 5.11 Å². The third-order valence-electron chi connectivity index (χ3n) is 2.01. The minimum Gasteiger partial charge on any atom is -0.204 e. The number of nitrogens with zero attached hydrogens (tertiary/aromatic N) is 2. The fourth-order valence-corrected chi connectivity index (χ4v) is 1.70. The van der Waals surface area contributed by atoms with E-state index >= 15 is 0 Å². The largest absolute Gasteiger partial charge is 0.204 e. The molecule has 0 N–H and O–H groups in total. The molecule has 0 saturated carbocycles. The van der Waals surface area contributed by atoms with Gasteiger partial charge >= 0.3 is 0 Å². The van der Waals surface area contributed by atoms with Gasteiger partial charge in [-0.1, -0.05) is 11.6 Å². The van der Waals surface area contributed by atoms with Crippen molar-refractivity contribution in [2.24, 2.45) is 10.2 Å². The van der Waals surface area contributed by atoms with Crippen LogP contribution in [0.1, 0.15) is 0 Å². The number of halogens is 3. The van der Waals surface area contributed by atoms with E-state index in [1.807, 2.05) is 24.3 Å². The van der Waals surface area contributed by atoms with E-state index < -0.39 is 5.82 Å². The molecule has 0 aliphatic rings. The molecule has 0 fully saturated rings. The minimum absolute atomic E-state index is 0.174. The van der Waals surface area contributed by atoms with Crippen LogP contribution >= 0.6 is 34.2 Å². The van der Waals surface area contributed by atoms with Crippen LogP contribution in [0, 0.1) is 9.39 Å². The highest BCUT2D eigenvalue weighted by atomic mass is 127. The van der Waals surface area contributed by atoms with E-state index in [1.54, 1.807) is 6.07 Å². The van der Waals surface area contributed by atoms with E-state index in [2.05, 4.69) is 32.8 Å². The first-order chi connectivity index (χ1) is 8.15. The lowest BCUT2D eigenvalue weighted by Gasteiger charge is -1.96. The molecule has 0 aliphatic heterocycles. The van der Waals surface area contributed by atoms with Gasteiger partial charge in [0.1, 0.15) is 5.69 Å². The SMILES string of the molecule is Fc1cc(Cl)ccc1N=Nc1ccc(I)cc1. The van der Waals surface area contributed by atoms with Crippen molar-refractivity contribution >= 4 is 45.6 Å². The molecule has 0 bridgehead atoms. The van der Waals surface area contributed by atoms with Crippen LogP contribution < -0.4 is 0 Å². The first-order valence-corrected chi connectivity index (χ1v) is 6.23. The van der Waals surface area contributed by atoms with Gasteiger partial charge in [-0.2, -0.15) is 5.11 Å². The van der Waals surface area contributed by atoms with Crippen LogP contribution in [0.4, 0.5) is 15.8 Å². The zero-order valence-corrected chi connectivity index (χ0v) is 11.5. The lowest BCUT2D eigenvalue weighted by molar-refractivity contribution is 0.628. The first kappa shape index (κ1) is 12.4. The number of rotatable bonds is 2. The van der Waals surface area contributed by atoms with Crippen molar-refractivity contribution in [1.29, 1.82) is 0 Å². The average Bonchev–Trinajstić information content (AvgIpc) is 2.30. The highest BCUT2D eigenvalue weighted by Gasteiger charge is 2.01. The Labute approximate surface area is 117 Å². The van der Waals surface area contributed by atoms with Crippen molar-refractivity contribution < 1.29 is 4.39 Å². The fraction of sp³-hybridized carbons (Fsp3) is 0. The van der Waals surface area contributed by atoms with Gasteiger partial charge in [-0.25, -0.2) is 4.39 Å². The van der Waals surface area contributed by atoms with E-state index in [1.165, 1.54) is 12.1 Å². The Kier molecular flexibility index (Phi) is 4.06. The quantitative estimate of drug-likeness (QED) is 0.499. The summed E-state index contributed by atoms with van der Waals surface area (Å²) in [7, 11) is 0. The molecular weight excluding hydrogens is 354 g/mol. The van der Waals surface area contributed by atoms with Crippen LogP contribution in [0.25, 0.3) is 0 Å². The summed E-state index contributed by atoms with van der Waals surface area (Å²) >= 11 is 7.84. The Bertz CT molecular complexity index is 555. The molecule has 2 aromatic carbocycles. The van der Waals surface area contributed by atoms with Gasteiger partial charge in [0.05, 0.1) is 5.69 Å². The number of azo groups is 1. The molecule has 0 aromatic heterocycles. The second kappa shape index (κ2) is 5.55. The van der Waals surface area contributed by atoms with Crippen LogP contribution in [0.3, 0.4) is 0 Å². The number of hydrogen-bond acceptors (Lipinski definition) is 2. The molecule has 0 atom stereocenters. The predicted molar refractivity (Wildman–Crippen MR) is 74.7 cm³/mol. The Balaban J connectivity index is 2.23. The van der Waals surface area contributed by atoms with Crippen molar-refractivity contribution in [2.75, 3.05) is 0 Å². The topological polar surface area (TPSA) is 24.7 Å². The Morgan fingerprint density at radius 1 is 1.00 bits per heavy atom. The summed E-state index contributed by atoms with van der Waals surface area (Å²) in [4.78, 5) is 0. The van der Waals surface area contributed by atoms with E-state index in [9.17, 15) is 4.39 Å². The standard InChI is InChI=1S/C12H7ClFIN2/c13-8-1-6-12(11(14)7-8)17-16-10-4-2-9(15)3-5-10/h1-7H. The van der Waals surface area contributed by atoms with Gasteiger partial charge in [-0.3, -0.25) is 0 Å². The van der Waals surface area contributed by atoms with Gasteiger partial charge in [0.15, 0.2) is 5.82 Å². The first-order valence-electron chi connectivity index (χ1n) is 4.77. The Morgan fingerprint density at radius 3 is 2.35 bits per heavy atom. The highest BCUT2D eigenvalue weighted by molar-refractivity contribution is 14.1. The van der Waals surface area contributed by atoms with E-state index in [4.69, 9.17) is 11.6 Å². The lowest BCUT2D eigenvalue weighted by atomic mass is 10.3. The van der Waals surface area contributed by atoms with Crippen LogP contribution in [-0.2, 0) is 0 Å². The van der Waals surface area contributed by atoms with Crippen molar-refractivity contribution in [3.05, 3.63) is 56.9 Å². The van der Waals surface area contributed by atoms with Crippen LogP contribution in [0.2, 0.25) is 5.02 Å². The summed E-state index contributed by atoms with van der Waals surface area (Å²) < 4.78 is 14.5. The third kappa shape index (κ3) is 3.47. The number of hydrogen-bond donors (Lipinski definition) is 0. The normalized spacial score (nSPS) is 11.0. The molecule has 2 rings (SSSR count). The van der Waals surface area contributed by atoms with Gasteiger partial charge < -0.3 is 0 Å². The second-order valence-corrected chi connectivity index (χ2v) is 4.95. The summed E-state index contributed by atoms with van der Waals surface area (Å²) in [5.41, 5.74) is 0.854. The maximum atomic E-state index is 13.4. The lowest BCUT2D eigenvalue weighted by Crippen LogP contribution is -1.74. The maximum Gasteiger partial charge on any atom is 0.152 e. The molecule has 0 heterocycles. The fourth-order valence-electron chi connectivity index (χ4n) is 1.18. The molecule has 0 spiro atoms. The van der Waals surface area contributed by atoms with Crippen molar-refractivity contribution in [3.8, 4) is 0 Å².